The molecule has 0 saturated heterocycles. The van der Waals surface area contributed by atoms with Crippen LogP contribution in [0.15, 0.2) is 0 Å². The zero-order valence-electron chi connectivity index (χ0n) is 10.9. The minimum Gasteiger partial charge on any atom is -0.212 e. The van der Waals surface area contributed by atoms with Crippen molar-refractivity contribution < 1.29 is 8.42 Å². The molecule has 0 radical (unpaired) electrons. The van der Waals surface area contributed by atoms with Crippen molar-refractivity contribution in [2.24, 2.45) is 23.2 Å². The smallest absolute Gasteiger partial charge is 0.212 e. The normalized spacial score (nSPS) is 44.2. The molecule has 4 fully saturated rings. The van der Waals surface area contributed by atoms with E-state index in [4.69, 9.17) is 0 Å². The second-order valence-electron chi connectivity index (χ2n) is 6.84. The zero-order valence-corrected chi connectivity index (χ0v) is 13.3. The third-order valence-electron chi connectivity index (χ3n) is 5.50. The Hall–Kier alpha value is 0.390. The molecule has 4 saturated carbocycles. The molecule has 1 atom stereocenters. The Kier molecular flexibility index (Phi) is 3.31. The largest absolute Gasteiger partial charge is 0.221 e. The predicted octanol–water partition coefficient (Wildman–Crippen LogP) is 2.86. The number of halogens is 1. The summed E-state index contributed by atoms with van der Waals surface area (Å²) in [7, 11) is -3.15. The maximum Gasteiger partial charge on any atom is 0.221 e. The highest BCUT2D eigenvalue weighted by Gasteiger charge is 2.53. The van der Waals surface area contributed by atoms with Gasteiger partial charge in [0.15, 0.2) is 0 Å². The van der Waals surface area contributed by atoms with Gasteiger partial charge in [-0.3, -0.25) is 0 Å². The van der Waals surface area contributed by atoms with Crippen molar-refractivity contribution in [2.45, 2.75) is 51.5 Å². The first-order chi connectivity index (χ1) is 8.42. The predicted molar refractivity (Wildman–Crippen MR) is 75.9 cm³/mol. The lowest BCUT2D eigenvalue weighted by Gasteiger charge is -2.59. The Morgan fingerprint density at radius 3 is 2.00 bits per heavy atom. The third kappa shape index (κ3) is 2.27. The first-order valence-corrected chi connectivity index (χ1v) is 9.76. The molecule has 0 aromatic heterocycles. The van der Waals surface area contributed by atoms with Crippen LogP contribution >= 0.6 is 15.9 Å². The van der Waals surface area contributed by atoms with E-state index in [1.165, 1.54) is 38.5 Å². The average molecular weight is 336 g/mol. The summed E-state index contributed by atoms with van der Waals surface area (Å²) in [6.45, 7) is 2.08. The second-order valence-corrected chi connectivity index (χ2v) is 9.90. The number of rotatable bonds is 4. The van der Waals surface area contributed by atoms with Crippen LogP contribution < -0.4 is 4.72 Å². The highest BCUT2D eigenvalue weighted by molar-refractivity contribution is 9.10. The molecule has 3 nitrogen and oxygen atoms in total. The van der Waals surface area contributed by atoms with Crippen molar-refractivity contribution in [3.63, 3.8) is 0 Å². The molecule has 5 heteroatoms. The minimum absolute atomic E-state index is 0.0106. The topological polar surface area (TPSA) is 46.2 Å². The van der Waals surface area contributed by atoms with E-state index < -0.39 is 10.0 Å². The maximum absolute atomic E-state index is 11.7. The van der Waals surface area contributed by atoms with Crippen LogP contribution in [0.2, 0.25) is 0 Å². The van der Waals surface area contributed by atoms with Crippen LogP contribution in [-0.2, 0) is 10.0 Å². The fourth-order valence-electron chi connectivity index (χ4n) is 5.13. The van der Waals surface area contributed by atoms with Gasteiger partial charge in [0.1, 0.15) is 4.66 Å². The van der Waals surface area contributed by atoms with Gasteiger partial charge in [-0.25, -0.2) is 13.1 Å². The molecule has 1 N–H and O–H groups in total. The van der Waals surface area contributed by atoms with Crippen molar-refractivity contribution in [2.75, 3.05) is 4.66 Å². The molecule has 0 amide bonds. The molecule has 4 bridgehead atoms. The summed E-state index contributed by atoms with van der Waals surface area (Å²) in [5.74, 6) is 2.60. The molecule has 0 aromatic carbocycles. The first-order valence-electron chi connectivity index (χ1n) is 6.98. The van der Waals surface area contributed by atoms with Crippen molar-refractivity contribution >= 4 is 26.0 Å². The van der Waals surface area contributed by atoms with Crippen molar-refractivity contribution in [1.82, 2.24) is 4.72 Å². The SMILES string of the molecule is CC(NS(=O)(=O)CBr)C12CC3CC(CC(C3)C1)C2. The Labute approximate surface area is 118 Å². The second kappa shape index (κ2) is 4.45. The van der Waals surface area contributed by atoms with Gasteiger partial charge in [0.2, 0.25) is 10.0 Å². The van der Waals surface area contributed by atoms with Crippen LogP contribution in [-0.4, -0.2) is 19.1 Å². The van der Waals surface area contributed by atoms with Crippen LogP contribution in [0, 0.1) is 23.2 Å². The van der Waals surface area contributed by atoms with Crippen LogP contribution in [0.3, 0.4) is 0 Å². The Morgan fingerprint density at radius 2 is 1.61 bits per heavy atom. The van der Waals surface area contributed by atoms with E-state index in [1.54, 1.807) is 0 Å². The molecular weight excluding hydrogens is 314 g/mol. The van der Waals surface area contributed by atoms with Crippen molar-refractivity contribution in [3.8, 4) is 0 Å². The Bertz CT molecular complexity index is 399. The van der Waals surface area contributed by atoms with Gasteiger partial charge in [-0.05, 0) is 68.6 Å². The molecule has 0 spiro atoms. The van der Waals surface area contributed by atoms with Crippen LogP contribution in [0.5, 0.6) is 0 Å². The molecule has 18 heavy (non-hydrogen) atoms. The Morgan fingerprint density at radius 1 is 1.17 bits per heavy atom. The van der Waals surface area contributed by atoms with Crippen LogP contribution in [0.4, 0.5) is 0 Å². The highest BCUT2D eigenvalue weighted by atomic mass is 79.9. The molecule has 4 aliphatic rings. The first kappa shape index (κ1) is 13.4. The van der Waals surface area contributed by atoms with E-state index in [1.807, 2.05) is 0 Å². The molecule has 0 aromatic rings. The van der Waals surface area contributed by atoms with Crippen molar-refractivity contribution in [3.05, 3.63) is 0 Å². The van der Waals surface area contributed by atoms with E-state index in [0.717, 1.165) is 17.8 Å². The molecule has 0 heterocycles. The number of hydrogen-bond acceptors (Lipinski definition) is 2. The van der Waals surface area contributed by atoms with E-state index in [2.05, 4.69) is 27.6 Å². The summed E-state index contributed by atoms with van der Waals surface area (Å²) in [5.41, 5.74) is 0.254. The lowest BCUT2D eigenvalue weighted by molar-refractivity contribution is -0.0665. The molecule has 0 aliphatic heterocycles. The Balaban J connectivity index is 1.79. The van der Waals surface area contributed by atoms with E-state index >= 15 is 0 Å². The summed E-state index contributed by atoms with van der Waals surface area (Å²) in [5, 5.41) is 0. The summed E-state index contributed by atoms with van der Waals surface area (Å²) in [6, 6.07) is 0.0912. The molecule has 4 aliphatic carbocycles. The fourth-order valence-corrected chi connectivity index (χ4v) is 6.38. The van der Waals surface area contributed by atoms with Gasteiger partial charge in [-0.2, -0.15) is 0 Å². The third-order valence-corrected chi connectivity index (χ3v) is 8.31. The van der Waals surface area contributed by atoms with E-state index in [0.29, 0.717) is 0 Å². The summed E-state index contributed by atoms with van der Waals surface area (Å²) >= 11 is 3.06. The summed E-state index contributed by atoms with van der Waals surface area (Å²) < 4.78 is 26.4. The minimum atomic E-state index is -3.15. The molecule has 104 valence electrons. The number of nitrogens with one attached hydrogen (secondary N) is 1. The van der Waals surface area contributed by atoms with Crippen LogP contribution in [0.1, 0.15) is 45.4 Å². The van der Waals surface area contributed by atoms with E-state index in [-0.39, 0.29) is 16.1 Å². The van der Waals surface area contributed by atoms with Gasteiger partial charge in [0, 0.05) is 6.04 Å². The fraction of sp³-hybridized carbons (Fsp3) is 1.00. The van der Waals surface area contributed by atoms with Gasteiger partial charge in [-0.15, -0.1) is 0 Å². The van der Waals surface area contributed by atoms with E-state index in [9.17, 15) is 8.42 Å². The summed E-state index contributed by atoms with van der Waals surface area (Å²) in [4.78, 5) is 0. The maximum atomic E-state index is 11.7. The van der Waals surface area contributed by atoms with Crippen molar-refractivity contribution in [1.29, 1.82) is 0 Å². The standard InChI is InChI=1S/C13H22BrNO2S/c1-9(15-18(16,17)8-14)13-5-10-2-11(6-13)4-12(3-10)7-13/h9-12,15H,2-8H2,1H3. The molecular formula is C13H22BrNO2S. The average Bonchev–Trinajstić information content (AvgIpc) is 2.26. The lowest BCUT2D eigenvalue weighted by atomic mass is 9.48. The lowest BCUT2D eigenvalue weighted by Crippen LogP contribution is -2.55. The molecule has 1 unspecified atom stereocenters. The van der Waals surface area contributed by atoms with Gasteiger partial charge < -0.3 is 0 Å². The van der Waals surface area contributed by atoms with Gasteiger partial charge in [-0.1, -0.05) is 15.9 Å². The number of alkyl halides is 1. The van der Waals surface area contributed by atoms with Gasteiger partial charge in [0.05, 0.1) is 0 Å². The number of hydrogen-bond donors (Lipinski definition) is 1. The van der Waals surface area contributed by atoms with Gasteiger partial charge >= 0.3 is 0 Å². The quantitative estimate of drug-likeness (QED) is 0.803. The number of sulfonamides is 1. The van der Waals surface area contributed by atoms with Crippen LogP contribution in [0.25, 0.3) is 0 Å². The monoisotopic (exact) mass is 335 g/mol. The molecule has 4 rings (SSSR count). The summed E-state index contributed by atoms with van der Waals surface area (Å²) in [6.07, 6.45) is 7.92. The highest BCUT2D eigenvalue weighted by Crippen LogP contribution is 2.61. The zero-order chi connectivity index (χ0) is 13.0. The van der Waals surface area contributed by atoms with Gasteiger partial charge in [0.25, 0.3) is 0 Å².